The molecule has 174 valence electrons. The van der Waals surface area contributed by atoms with Crippen molar-refractivity contribution in [3.8, 4) is 5.75 Å². The minimum Gasteiger partial charge on any atom is -0.482 e. The summed E-state index contributed by atoms with van der Waals surface area (Å²) < 4.78 is 5.51. The molecule has 2 amide bonds. The molecular formula is C24H21ClN4O5. The van der Waals surface area contributed by atoms with Gasteiger partial charge in [0.25, 0.3) is 17.5 Å². The van der Waals surface area contributed by atoms with E-state index in [0.717, 1.165) is 22.9 Å². The molecule has 0 aliphatic carbocycles. The second-order valence-corrected chi connectivity index (χ2v) is 7.76. The Labute approximate surface area is 200 Å². The van der Waals surface area contributed by atoms with E-state index in [1.165, 1.54) is 24.4 Å². The number of hydrogen-bond acceptors (Lipinski definition) is 6. The van der Waals surface area contributed by atoms with Crippen molar-refractivity contribution in [1.82, 2.24) is 5.43 Å². The van der Waals surface area contributed by atoms with Crippen LogP contribution in [-0.4, -0.2) is 29.6 Å². The van der Waals surface area contributed by atoms with Gasteiger partial charge in [0.2, 0.25) is 0 Å². The van der Waals surface area contributed by atoms with E-state index in [1.54, 1.807) is 18.2 Å². The van der Waals surface area contributed by atoms with Crippen molar-refractivity contribution in [2.24, 2.45) is 5.10 Å². The first kappa shape index (κ1) is 24.4. The van der Waals surface area contributed by atoms with Gasteiger partial charge in [-0.1, -0.05) is 29.8 Å². The van der Waals surface area contributed by atoms with Crippen molar-refractivity contribution in [2.75, 3.05) is 11.9 Å². The number of hydrazone groups is 1. The molecule has 0 heterocycles. The number of benzene rings is 3. The fourth-order valence-electron chi connectivity index (χ4n) is 2.91. The highest BCUT2D eigenvalue weighted by Crippen LogP contribution is 2.25. The van der Waals surface area contributed by atoms with Crippen molar-refractivity contribution in [3.05, 3.63) is 98.1 Å². The van der Waals surface area contributed by atoms with E-state index in [-0.39, 0.29) is 28.8 Å². The lowest BCUT2D eigenvalue weighted by Crippen LogP contribution is -2.20. The number of carbonyl (C=O) groups is 2. The molecule has 2 N–H and O–H groups in total. The van der Waals surface area contributed by atoms with Gasteiger partial charge < -0.3 is 10.1 Å². The molecule has 0 unspecified atom stereocenters. The van der Waals surface area contributed by atoms with Crippen LogP contribution >= 0.6 is 11.6 Å². The maximum absolute atomic E-state index is 12.2. The first-order valence-corrected chi connectivity index (χ1v) is 10.5. The second-order valence-electron chi connectivity index (χ2n) is 7.35. The lowest BCUT2D eigenvalue weighted by Gasteiger charge is -2.11. The van der Waals surface area contributed by atoms with E-state index in [4.69, 9.17) is 16.3 Å². The highest BCUT2D eigenvalue weighted by molar-refractivity contribution is 6.32. The normalized spacial score (nSPS) is 10.7. The molecule has 0 radical (unpaired) electrons. The molecule has 3 aromatic rings. The zero-order chi connectivity index (χ0) is 24.7. The summed E-state index contributed by atoms with van der Waals surface area (Å²) in [5, 5.41) is 17.7. The molecule has 3 aromatic carbocycles. The Bertz CT molecular complexity index is 1280. The van der Waals surface area contributed by atoms with Crippen LogP contribution < -0.4 is 15.5 Å². The number of nitro groups is 1. The largest absolute Gasteiger partial charge is 0.482 e. The summed E-state index contributed by atoms with van der Waals surface area (Å²) in [6.07, 6.45) is 1.36. The fraction of sp³-hybridized carbons (Fsp3) is 0.125. The first-order chi connectivity index (χ1) is 16.2. The molecule has 0 atom stereocenters. The Balaban J connectivity index is 1.55. The molecule has 0 aliphatic heterocycles. The van der Waals surface area contributed by atoms with Crippen molar-refractivity contribution in [3.63, 3.8) is 0 Å². The highest BCUT2D eigenvalue weighted by atomic mass is 35.5. The number of aryl methyl sites for hydroxylation is 2. The lowest BCUT2D eigenvalue weighted by atomic mass is 10.1. The highest BCUT2D eigenvalue weighted by Gasteiger charge is 2.11. The van der Waals surface area contributed by atoms with E-state index >= 15 is 0 Å². The summed E-state index contributed by atoms with van der Waals surface area (Å²) in [4.78, 5) is 34.6. The molecule has 0 spiro atoms. The van der Waals surface area contributed by atoms with Crippen molar-refractivity contribution < 1.29 is 19.2 Å². The Morgan fingerprint density at radius 3 is 2.65 bits per heavy atom. The maximum atomic E-state index is 12.2. The Morgan fingerprint density at radius 2 is 1.91 bits per heavy atom. The number of amides is 2. The quantitative estimate of drug-likeness (QED) is 0.276. The van der Waals surface area contributed by atoms with E-state index in [1.807, 2.05) is 32.0 Å². The number of carbonyl (C=O) groups excluding carboxylic acids is 2. The van der Waals surface area contributed by atoms with Gasteiger partial charge in [0, 0.05) is 23.4 Å². The van der Waals surface area contributed by atoms with Gasteiger partial charge in [-0.25, -0.2) is 5.43 Å². The Kier molecular flexibility index (Phi) is 7.94. The van der Waals surface area contributed by atoms with E-state index in [9.17, 15) is 19.7 Å². The number of rotatable bonds is 8. The third-order valence-electron chi connectivity index (χ3n) is 4.68. The van der Waals surface area contributed by atoms with Gasteiger partial charge in [-0.3, -0.25) is 19.7 Å². The molecule has 9 nitrogen and oxygen atoms in total. The fourth-order valence-corrected chi connectivity index (χ4v) is 3.15. The molecule has 34 heavy (non-hydrogen) atoms. The van der Waals surface area contributed by atoms with Crippen molar-refractivity contribution in [2.45, 2.75) is 13.8 Å². The van der Waals surface area contributed by atoms with Crippen LogP contribution in [0.1, 0.15) is 27.0 Å². The maximum Gasteiger partial charge on any atom is 0.271 e. The molecule has 0 saturated carbocycles. The zero-order valence-corrected chi connectivity index (χ0v) is 19.1. The number of halogens is 1. The van der Waals surface area contributed by atoms with Crippen molar-refractivity contribution in [1.29, 1.82) is 0 Å². The molecule has 0 bridgehead atoms. The summed E-state index contributed by atoms with van der Waals surface area (Å²) >= 11 is 6.23. The number of nitrogens with one attached hydrogen (secondary N) is 2. The molecule has 0 saturated heterocycles. The molecule has 0 aliphatic rings. The van der Waals surface area contributed by atoms with E-state index in [2.05, 4.69) is 15.8 Å². The van der Waals surface area contributed by atoms with Crippen LogP contribution in [0.15, 0.2) is 65.8 Å². The standard InChI is InChI=1S/C24H21ClN4O5/c1-15-6-7-16(2)21(10-15)27-23(30)14-34-22-9-8-17(11-20(22)25)13-26-28-24(31)18-4-3-5-19(12-18)29(32)33/h3-13H,14H2,1-2H3,(H,27,30)(H,28,31)/b26-13+. The van der Waals surface area contributed by atoms with Crippen LogP contribution in [0, 0.1) is 24.0 Å². The van der Waals surface area contributed by atoms with Crippen LogP contribution in [0.25, 0.3) is 0 Å². The van der Waals surface area contributed by atoms with Crippen LogP contribution in [0.2, 0.25) is 5.02 Å². The third kappa shape index (κ3) is 6.63. The Hall–Kier alpha value is -4.24. The van der Waals surface area contributed by atoms with Gasteiger partial charge in [0.1, 0.15) is 5.75 Å². The number of anilines is 1. The minimum atomic E-state index is -0.596. The van der Waals surface area contributed by atoms with Gasteiger partial charge in [0.05, 0.1) is 16.2 Å². The van der Waals surface area contributed by atoms with Crippen LogP contribution in [0.5, 0.6) is 5.75 Å². The van der Waals surface area contributed by atoms with E-state index in [0.29, 0.717) is 11.3 Å². The van der Waals surface area contributed by atoms with Gasteiger partial charge in [0.15, 0.2) is 6.61 Å². The summed E-state index contributed by atoms with van der Waals surface area (Å²) in [6.45, 7) is 3.62. The number of ether oxygens (including phenoxy) is 1. The summed E-state index contributed by atoms with van der Waals surface area (Å²) in [6, 6.07) is 15.9. The first-order valence-electron chi connectivity index (χ1n) is 10.1. The average molecular weight is 481 g/mol. The number of nitro benzene ring substituents is 1. The van der Waals surface area contributed by atoms with Gasteiger partial charge >= 0.3 is 0 Å². The summed E-state index contributed by atoms with van der Waals surface area (Å²) in [7, 11) is 0. The second kappa shape index (κ2) is 11.1. The molecule has 10 heteroatoms. The van der Waals surface area contributed by atoms with Crippen LogP contribution in [0.4, 0.5) is 11.4 Å². The molecular weight excluding hydrogens is 460 g/mol. The number of hydrogen-bond donors (Lipinski definition) is 2. The lowest BCUT2D eigenvalue weighted by molar-refractivity contribution is -0.384. The Morgan fingerprint density at radius 1 is 1.12 bits per heavy atom. The topological polar surface area (TPSA) is 123 Å². The van der Waals surface area contributed by atoms with Gasteiger partial charge in [-0.2, -0.15) is 5.10 Å². The van der Waals surface area contributed by atoms with Crippen LogP contribution in [-0.2, 0) is 4.79 Å². The minimum absolute atomic E-state index is 0.104. The molecule has 0 fully saturated rings. The zero-order valence-electron chi connectivity index (χ0n) is 18.4. The molecule has 0 aromatic heterocycles. The monoisotopic (exact) mass is 480 g/mol. The summed E-state index contributed by atoms with van der Waals surface area (Å²) in [5.74, 6) is -0.601. The average Bonchev–Trinajstić information content (AvgIpc) is 2.81. The summed E-state index contributed by atoms with van der Waals surface area (Å²) in [5.41, 5.74) is 5.47. The predicted octanol–water partition coefficient (Wildman–Crippen LogP) is 4.65. The van der Waals surface area contributed by atoms with Crippen LogP contribution in [0.3, 0.4) is 0 Å². The number of nitrogens with zero attached hydrogens (tertiary/aromatic N) is 2. The SMILES string of the molecule is Cc1ccc(C)c(NC(=O)COc2ccc(/C=N/NC(=O)c3cccc([N+](=O)[O-])c3)cc2Cl)c1. The van der Waals surface area contributed by atoms with E-state index < -0.39 is 10.8 Å². The van der Waals surface area contributed by atoms with Gasteiger partial charge in [-0.05, 0) is 60.9 Å². The predicted molar refractivity (Wildman–Crippen MR) is 130 cm³/mol. The number of non-ortho nitro benzene ring substituents is 1. The van der Waals surface area contributed by atoms with Crippen molar-refractivity contribution >= 4 is 41.0 Å². The smallest absolute Gasteiger partial charge is 0.271 e. The van der Waals surface area contributed by atoms with Gasteiger partial charge in [-0.15, -0.1) is 0 Å². The molecule has 3 rings (SSSR count). The third-order valence-corrected chi connectivity index (χ3v) is 4.98.